The fourth-order valence-corrected chi connectivity index (χ4v) is 3.42. The lowest BCUT2D eigenvalue weighted by atomic mass is 9.73. The average molecular weight is 284 g/mol. The van der Waals surface area contributed by atoms with E-state index in [1.165, 1.54) is 0 Å². The van der Waals surface area contributed by atoms with Gasteiger partial charge in [0.1, 0.15) is 17.6 Å². The maximum absolute atomic E-state index is 12.5. The number of hydrogen-bond acceptors (Lipinski definition) is 3. The molecule has 3 rings (SSSR count). The van der Waals surface area contributed by atoms with Crippen molar-refractivity contribution in [2.24, 2.45) is 11.3 Å². The van der Waals surface area contributed by atoms with Gasteiger partial charge in [-0.2, -0.15) is 0 Å². The number of allylic oxidation sites excluding steroid dienone is 1. The van der Waals surface area contributed by atoms with E-state index in [1.807, 2.05) is 30.3 Å². The van der Waals surface area contributed by atoms with E-state index in [9.17, 15) is 9.59 Å². The van der Waals surface area contributed by atoms with Gasteiger partial charge in [-0.15, -0.1) is 0 Å². The Morgan fingerprint density at radius 2 is 1.86 bits per heavy atom. The molecule has 21 heavy (non-hydrogen) atoms. The molecule has 1 aromatic carbocycles. The Morgan fingerprint density at radius 1 is 1.19 bits per heavy atom. The van der Waals surface area contributed by atoms with E-state index in [-0.39, 0.29) is 23.1 Å². The van der Waals surface area contributed by atoms with Crippen LogP contribution in [0.2, 0.25) is 0 Å². The van der Waals surface area contributed by atoms with Crippen molar-refractivity contribution in [1.82, 2.24) is 0 Å². The Bertz CT molecular complexity index is 625. The number of rotatable bonds is 2. The monoisotopic (exact) mass is 284 g/mol. The van der Waals surface area contributed by atoms with E-state index in [0.29, 0.717) is 12.0 Å². The van der Waals surface area contributed by atoms with Gasteiger partial charge in [-0.05, 0) is 17.9 Å². The molecule has 110 valence electrons. The number of hydrogen-bond donors (Lipinski definition) is 0. The van der Waals surface area contributed by atoms with Crippen molar-refractivity contribution in [2.45, 2.75) is 39.7 Å². The normalized spacial score (nSPS) is 27.3. The van der Waals surface area contributed by atoms with E-state index in [0.717, 1.165) is 17.7 Å². The van der Waals surface area contributed by atoms with Crippen molar-refractivity contribution in [3.63, 3.8) is 0 Å². The molecule has 0 N–H and O–H groups in total. The predicted molar refractivity (Wildman–Crippen MR) is 79.5 cm³/mol. The third-order valence-corrected chi connectivity index (χ3v) is 4.33. The molecule has 3 nitrogen and oxygen atoms in total. The Hall–Kier alpha value is -1.90. The zero-order valence-electron chi connectivity index (χ0n) is 12.7. The number of benzene rings is 1. The Balaban J connectivity index is 2.03. The summed E-state index contributed by atoms with van der Waals surface area (Å²) in [7, 11) is 0. The minimum atomic E-state index is -0.453. The number of Topliss-reactive ketones (excluding diaryl/α,β-unsaturated/α-hetero) is 2. The molecule has 2 aliphatic rings. The highest BCUT2D eigenvalue weighted by atomic mass is 16.5. The van der Waals surface area contributed by atoms with Crippen LogP contribution in [0.4, 0.5) is 0 Å². The molecular weight excluding hydrogens is 264 g/mol. The standard InChI is InChI=1S/C18H20O3/c1-11(19)15-16-13(20)9-18(2,3)10-14(16)21-17(15)12-7-5-4-6-8-12/h4-8,15,17H,9-10H2,1-3H3. The summed E-state index contributed by atoms with van der Waals surface area (Å²) in [4.78, 5) is 24.6. The van der Waals surface area contributed by atoms with Crippen LogP contribution < -0.4 is 0 Å². The highest BCUT2D eigenvalue weighted by Crippen LogP contribution is 2.50. The first-order valence-electron chi connectivity index (χ1n) is 7.37. The van der Waals surface area contributed by atoms with Gasteiger partial charge in [-0.3, -0.25) is 9.59 Å². The number of ketones is 2. The molecule has 0 bridgehead atoms. The maximum Gasteiger partial charge on any atom is 0.163 e. The smallest absolute Gasteiger partial charge is 0.163 e. The molecule has 0 fully saturated rings. The lowest BCUT2D eigenvalue weighted by Gasteiger charge is -2.28. The van der Waals surface area contributed by atoms with Crippen LogP contribution in [0.15, 0.2) is 41.7 Å². The van der Waals surface area contributed by atoms with E-state index < -0.39 is 5.92 Å². The summed E-state index contributed by atoms with van der Waals surface area (Å²) >= 11 is 0. The fourth-order valence-electron chi connectivity index (χ4n) is 3.42. The molecule has 0 amide bonds. The quantitative estimate of drug-likeness (QED) is 0.833. The summed E-state index contributed by atoms with van der Waals surface area (Å²) in [5.74, 6) is 0.345. The Kier molecular flexibility index (Phi) is 3.23. The molecule has 1 aliphatic carbocycles. The van der Waals surface area contributed by atoms with Gasteiger partial charge >= 0.3 is 0 Å². The molecule has 1 heterocycles. The molecule has 1 aliphatic heterocycles. The van der Waals surface area contributed by atoms with Crippen molar-refractivity contribution in [1.29, 1.82) is 0 Å². The van der Waals surface area contributed by atoms with Gasteiger partial charge in [0.25, 0.3) is 0 Å². The molecule has 0 radical (unpaired) electrons. The molecule has 3 heteroatoms. The van der Waals surface area contributed by atoms with Gasteiger partial charge in [0.15, 0.2) is 5.78 Å². The minimum absolute atomic E-state index is 0.00177. The van der Waals surface area contributed by atoms with Crippen molar-refractivity contribution in [2.75, 3.05) is 0 Å². The third kappa shape index (κ3) is 2.41. The summed E-state index contributed by atoms with van der Waals surface area (Å²) in [5, 5.41) is 0. The van der Waals surface area contributed by atoms with E-state index in [1.54, 1.807) is 6.92 Å². The number of carbonyl (C=O) groups excluding carboxylic acids is 2. The van der Waals surface area contributed by atoms with Crippen LogP contribution in [0.1, 0.15) is 45.3 Å². The van der Waals surface area contributed by atoms with Gasteiger partial charge < -0.3 is 4.74 Å². The summed E-state index contributed by atoms with van der Waals surface area (Å²) < 4.78 is 6.07. The van der Waals surface area contributed by atoms with Gasteiger partial charge in [0.2, 0.25) is 0 Å². The van der Waals surface area contributed by atoms with Crippen LogP contribution >= 0.6 is 0 Å². The summed E-state index contributed by atoms with van der Waals surface area (Å²) in [6.07, 6.45) is 0.855. The van der Waals surface area contributed by atoms with Crippen molar-refractivity contribution < 1.29 is 14.3 Å². The topological polar surface area (TPSA) is 43.4 Å². The van der Waals surface area contributed by atoms with Crippen LogP contribution in [0.5, 0.6) is 0 Å². The van der Waals surface area contributed by atoms with Crippen LogP contribution in [0.25, 0.3) is 0 Å². The number of ether oxygens (including phenoxy) is 1. The summed E-state index contributed by atoms with van der Waals surface area (Å²) in [6.45, 7) is 5.68. The molecule has 0 saturated carbocycles. The van der Waals surface area contributed by atoms with Crippen molar-refractivity contribution in [3.05, 3.63) is 47.2 Å². The lowest BCUT2D eigenvalue weighted by Crippen LogP contribution is -2.28. The van der Waals surface area contributed by atoms with E-state index in [4.69, 9.17) is 4.74 Å². The van der Waals surface area contributed by atoms with Gasteiger partial charge in [-0.25, -0.2) is 0 Å². The van der Waals surface area contributed by atoms with E-state index >= 15 is 0 Å². The highest BCUT2D eigenvalue weighted by molar-refractivity contribution is 6.03. The molecule has 0 saturated heterocycles. The summed E-state index contributed by atoms with van der Waals surface area (Å²) in [6, 6.07) is 9.70. The molecule has 0 aromatic heterocycles. The largest absolute Gasteiger partial charge is 0.488 e. The third-order valence-electron chi connectivity index (χ3n) is 4.33. The molecule has 2 atom stereocenters. The fraction of sp³-hybridized carbons (Fsp3) is 0.444. The van der Waals surface area contributed by atoms with E-state index in [2.05, 4.69) is 13.8 Å². The first kappa shape index (κ1) is 14.1. The molecular formula is C18H20O3. The first-order valence-corrected chi connectivity index (χ1v) is 7.37. The van der Waals surface area contributed by atoms with Crippen LogP contribution in [0.3, 0.4) is 0 Å². The van der Waals surface area contributed by atoms with Crippen molar-refractivity contribution >= 4 is 11.6 Å². The molecule has 0 spiro atoms. The Morgan fingerprint density at radius 3 is 2.48 bits per heavy atom. The zero-order valence-corrected chi connectivity index (χ0v) is 12.7. The SMILES string of the molecule is CC(=O)C1C2=C(CC(C)(C)CC2=O)OC1c1ccccc1. The lowest BCUT2D eigenvalue weighted by molar-refractivity contribution is -0.124. The Labute approximate surface area is 125 Å². The first-order chi connectivity index (χ1) is 9.89. The average Bonchev–Trinajstić information content (AvgIpc) is 2.77. The maximum atomic E-state index is 12.5. The van der Waals surface area contributed by atoms with Gasteiger partial charge in [0.05, 0.1) is 5.92 Å². The summed E-state index contributed by atoms with van der Waals surface area (Å²) in [5.41, 5.74) is 1.48. The second-order valence-electron chi connectivity index (χ2n) is 6.82. The zero-order chi connectivity index (χ0) is 15.2. The van der Waals surface area contributed by atoms with Gasteiger partial charge in [0, 0.05) is 18.4 Å². The van der Waals surface area contributed by atoms with Gasteiger partial charge in [-0.1, -0.05) is 44.2 Å². The van der Waals surface area contributed by atoms with Crippen molar-refractivity contribution in [3.8, 4) is 0 Å². The second-order valence-corrected chi connectivity index (χ2v) is 6.82. The highest BCUT2D eigenvalue weighted by Gasteiger charge is 2.47. The molecule has 2 unspecified atom stereocenters. The second kappa shape index (κ2) is 4.83. The van der Waals surface area contributed by atoms with Crippen LogP contribution in [-0.2, 0) is 14.3 Å². The van der Waals surface area contributed by atoms with Crippen LogP contribution in [0, 0.1) is 11.3 Å². The van der Waals surface area contributed by atoms with Crippen LogP contribution in [-0.4, -0.2) is 11.6 Å². The number of carbonyl (C=O) groups is 2. The predicted octanol–water partition coefficient (Wildman–Crippen LogP) is 3.61. The molecule has 1 aromatic rings. The minimum Gasteiger partial charge on any atom is -0.488 e.